The molecule has 4 aliphatic carbocycles. The second-order valence-corrected chi connectivity index (χ2v) is 8.97. The second-order valence-electron chi connectivity index (χ2n) is 8.97. The standard InChI is InChI=1S/C21H28O2/c1-4-21(23)12-9-18-16-6-5-14-13-15(22)7-10-19(14,2)17(16)8-11-20(18,21)3/h1,13,16-18,23H,5-12H2,2-3H3/t16?,17?,18?,19-,20-,21?/m0/s1. The summed E-state index contributed by atoms with van der Waals surface area (Å²) < 4.78 is 0. The number of rotatable bonds is 0. The van der Waals surface area contributed by atoms with E-state index in [9.17, 15) is 9.90 Å². The summed E-state index contributed by atoms with van der Waals surface area (Å²) in [6.07, 6.45) is 15.6. The van der Waals surface area contributed by atoms with Crippen LogP contribution in [0.25, 0.3) is 0 Å². The molecule has 1 N–H and O–H groups in total. The van der Waals surface area contributed by atoms with Gasteiger partial charge in [-0.25, -0.2) is 0 Å². The second kappa shape index (κ2) is 4.73. The Labute approximate surface area is 139 Å². The molecule has 3 fully saturated rings. The van der Waals surface area contributed by atoms with Crippen molar-refractivity contribution in [2.45, 2.75) is 70.8 Å². The zero-order chi connectivity index (χ0) is 16.5. The molecule has 23 heavy (non-hydrogen) atoms. The van der Waals surface area contributed by atoms with Crippen molar-refractivity contribution < 1.29 is 9.90 Å². The molecule has 124 valence electrons. The third-order valence-electron chi connectivity index (χ3n) is 8.35. The van der Waals surface area contributed by atoms with Gasteiger partial charge in [-0.1, -0.05) is 25.3 Å². The molecular weight excluding hydrogens is 284 g/mol. The number of carbonyl (C=O) groups excluding carboxylic acids is 1. The van der Waals surface area contributed by atoms with Crippen LogP contribution < -0.4 is 0 Å². The molecule has 2 nitrogen and oxygen atoms in total. The molecule has 3 saturated carbocycles. The van der Waals surface area contributed by atoms with Crippen LogP contribution in [0.5, 0.6) is 0 Å². The average molecular weight is 312 g/mol. The Kier molecular flexibility index (Phi) is 3.18. The highest BCUT2D eigenvalue weighted by molar-refractivity contribution is 5.91. The molecule has 4 rings (SSSR count). The number of allylic oxidation sites excluding steroid dienone is 1. The normalized spacial score (nSPS) is 52.0. The molecule has 0 saturated heterocycles. The van der Waals surface area contributed by atoms with E-state index in [1.807, 2.05) is 6.08 Å². The molecule has 0 bridgehead atoms. The monoisotopic (exact) mass is 312 g/mol. The first-order valence-electron chi connectivity index (χ1n) is 9.28. The fourth-order valence-electron chi connectivity index (χ4n) is 6.81. The van der Waals surface area contributed by atoms with Crippen molar-refractivity contribution in [1.82, 2.24) is 0 Å². The molecule has 0 amide bonds. The Hall–Kier alpha value is -1.07. The Morgan fingerprint density at radius 3 is 2.61 bits per heavy atom. The molecule has 0 aromatic carbocycles. The maximum atomic E-state index is 11.8. The first-order chi connectivity index (χ1) is 10.8. The molecule has 4 unspecified atom stereocenters. The lowest BCUT2D eigenvalue weighted by Crippen LogP contribution is -2.54. The van der Waals surface area contributed by atoms with E-state index in [2.05, 4.69) is 19.8 Å². The molecule has 2 heteroatoms. The lowest BCUT2D eigenvalue weighted by Gasteiger charge is -2.58. The summed E-state index contributed by atoms with van der Waals surface area (Å²) in [6.45, 7) is 4.63. The average Bonchev–Trinajstić information content (AvgIpc) is 2.80. The zero-order valence-electron chi connectivity index (χ0n) is 14.4. The summed E-state index contributed by atoms with van der Waals surface area (Å²) in [4.78, 5) is 11.8. The van der Waals surface area contributed by atoms with Crippen LogP contribution in [0, 0.1) is 40.9 Å². The van der Waals surface area contributed by atoms with E-state index in [4.69, 9.17) is 6.42 Å². The summed E-state index contributed by atoms with van der Waals surface area (Å²) in [7, 11) is 0. The van der Waals surface area contributed by atoms with E-state index in [0.29, 0.717) is 30.0 Å². The van der Waals surface area contributed by atoms with Crippen molar-refractivity contribution in [1.29, 1.82) is 0 Å². The maximum absolute atomic E-state index is 11.8. The van der Waals surface area contributed by atoms with E-state index in [1.165, 1.54) is 12.0 Å². The number of hydrogen-bond acceptors (Lipinski definition) is 2. The van der Waals surface area contributed by atoms with Crippen molar-refractivity contribution in [2.75, 3.05) is 0 Å². The third kappa shape index (κ3) is 1.84. The number of carbonyl (C=O) groups is 1. The van der Waals surface area contributed by atoms with Crippen LogP contribution in [0.2, 0.25) is 0 Å². The minimum Gasteiger partial charge on any atom is -0.377 e. The summed E-state index contributed by atoms with van der Waals surface area (Å²) in [6, 6.07) is 0. The van der Waals surface area contributed by atoms with E-state index in [-0.39, 0.29) is 10.8 Å². The molecule has 0 aromatic heterocycles. The maximum Gasteiger partial charge on any atom is 0.155 e. The van der Waals surface area contributed by atoms with Gasteiger partial charge in [0.15, 0.2) is 5.78 Å². The van der Waals surface area contributed by atoms with Crippen molar-refractivity contribution in [3.05, 3.63) is 11.6 Å². The Morgan fingerprint density at radius 2 is 1.87 bits per heavy atom. The van der Waals surface area contributed by atoms with Crippen LogP contribution in [0.1, 0.15) is 65.2 Å². The zero-order valence-corrected chi connectivity index (χ0v) is 14.4. The fraction of sp³-hybridized carbons (Fsp3) is 0.762. The van der Waals surface area contributed by atoms with Gasteiger partial charge in [0.2, 0.25) is 0 Å². The highest BCUT2D eigenvalue weighted by Crippen LogP contribution is 2.67. The van der Waals surface area contributed by atoms with E-state index < -0.39 is 5.60 Å². The number of aliphatic hydroxyl groups is 1. The Morgan fingerprint density at radius 1 is 1.13 bits per heavy atom. The smallest absolute Gasteiger partial charge is 0.155 e. The number of hydrogen-bond donors (Lipinski definition) is 1. The molecule has 6 atom stereocenters. The molecule has 4 aliphatic rings. The van der Waals surface area contributed by atoms with Gasteiger partial charge in [-0.15, -0.1) is 6.42 Å². The van der Waals surface area contributed by atoms with Crippen LogP contribution in [-0.2, 0) is 4.79 Å². The van der Waals surface area contributed by atoms with Crippen molar-refractivity contribution in [3.63, 3.8) is 0 Å². The van der Waals surface area contributed by atoms with Crippen LogP contribution in [0.3, 0.4) is 0 Å². The van der Waals surface area contributed by atoms with Gasteiger partial charge in [-0.3, -0.25) is 4.79 Å². The lowest BCUT2D eigenvalue weighted by atomic mass is 9.46. The topological polar surface area (TPSA) is 37.3 Å². The number of fused-ring (bicyclic) bond motifs is 5. The van der Waals surface area contributed by atoms with Crippen molar-refractivity contribution >= 4 is 5.78 Å². The fourth-order valence-corrected chi connectivity index (χ4v) is 6.81. The molecule has 0 radical (unpaired) electrons. The summed E-state index contributed by atoms with van der Waals surface area (Å²) in [5.74, 6) is 4.93. The molecule has 0 spiro atoms. The van der Waals surface area contributed by atoms with Gasteiger partial charge in [0, 0.05) is 11.8 Å². The predicted molar refractivity (Wildman–Crippen MR) is 90.5 cm³/mol. The first kappa shape index (κ1) is 15.5. The van der Waals surface area contributed by atoms with Gasteiger partial charge in [0.25, 0.3) is 0 Å². The van der Waals surface area contributed by atoms with Crippen molar-refractivity contribution in [3.8, 4) is 12.3 Å². The Bertz CT molecular complexity index is 626. The van der Waals surface area contributed by atoms with E-state index >= 15 is 0 Å². The minimum absolute atomic E-state index is 0.120. The van der Waals surface area contributed by atoms with Crippen molar-refractivity contribution in [2.24, 2.45) is 28.6 Å². The molecular formula is C21H28O2. The van der Waals surface area contributed by atoms with E-state index in [0.717, 1.165) is 38.5 Å². The first-order valence-corrected chi connectivity index (χ1v) is 9.28. The van der Waals surface area contributed by atoms with Gasteiger partial charge in [-0.05, 0) is 74.2 Å². The summed E-state index contributed by atoms with van der Waals surface area (Å²) in [5.41, 5.74) is 0.575. The number of terminal acetylenes is 1. The van der Waals surface area contributed by atoms with Crippen LogP contribution >= 0.6 is 0 Å². The summed E-state index contributed by atoms with van der Waals surface area (Å²) in [5, 5.41) is 11.0. The van der Waals surface area contributed by atoms with Gasteiger partial charge >= 0.3 is 0 Å². The third-order valence-corrected chi connectivity index (χ3v) is 8.35. The largest absolute Gasteiger partial charge is 0.377 e. The van der Waals surface area contributed by atoms with E-state index in [1.54, 1.807) is 0 Å². The van der Waals surface area contributed by atoms with Crippen LogP contribution in [0.15, 0.2) is 11.6 Å². The number of ketones is 1. The molecule has 0 aromatic rings. The Balaban J connectivity index is 1.70. The van der Waals surface area contributed by atoms with Gasteiger partial charge in [0.05, 0.1) is 0 Å². The van der Waals surface area contributed by atoms with Crippen LogP contribution in [-0.4, -0.2) is 16.5 Å². The minimum atomic E-state index is -0.914. The molecule has 0 aliphatic heterocycles. The quantitative estimate of drug-likeness (QED) is 0.689. The van der Waals surface area contributed by atoms with Gasteiger partial charge in [0.1, 0.15) is 5.60 Å². The summed E-state index contributed by atoms with van der Waals surface area (Å²) >= 11 is 0. The highest BCUT2D eigenvalue weighted by Gasteiger charge is 2.63. The lowest BCUT2D eigenvalue weighted by molar-refractivity contribution is -0.119. The SMILES string of the molecule is C#CC1(O)CCC2C3CCC4=CC(=O)CC[C@]4(C)C3CC[C@@]21C. The van der Waals surface area contributed by atoms with Crippen LogP contribution in [0.4, 0.5) is 0 Å². The highest BCUT2D eigenvalue weighted by atomic mass is 16.3. The van der Waals surface area contributed by atoms with Gasteiger partial charge in [-0.2, -0.15) is 0 Å². The van der Waals surface area contributed by atoms with Gasteiger partial charge < -0.3 is 5.11 Å². The predicted octanol–water partition coefficient (Wildman–Crippen LogP) is 3.88. The molecule has 0 heterocycles.